The third-order valence-electron chi connectivity index (χ3n) is 5.70. The Labute approximate surface area is 195 Å². The number of nitriles is 1. The number of nitrogens with zero attached hydrogens (tertiary/aromatic N) is 4. The molecule has 0 fully saturated rings. The van der Waals surface area contributed by atoms with Gasteiger partial charge in [-0.3, -0.25) is 4.57 Å². The topological polar surface area (TPSA) is 97.7 Å². The molecule has 0 amide bonds. The molecule has 5 rings (SSSR count). The van der Waals surface area contributed by atoms with E-state index >= 15 is 0 Å². The summed E-state index contributed by atoms with van der Waals surface area (Å²) in [6.07, 6.45) is 2.68. The van der Waals surface area contributed by atoms with Crippen molar-refractivity contribution in [1.82, 2.24) is 18.7 Å². The molecule has 0 spiro atoms. The second-order valence-electron chi connectivity index (χ2n) is 9.13. The number of benzene rings is 2. The standard InChI is InChI=1S/C26H23N5O3/c1-26(2,3)34-25(33)31-21(13-27)23(18-15-29(4)20-12-8-6-9-16(18)20)30(24(31)32)22-14-28-19-11-7-5-10-17(19)22/h5-12,14-15,28H,1-4H3. The zero-order valence-corrected chi connectivity index (χ0v) is 19.3. The van der Waals surface area contributed by atoms with Crippen molar-refractivity contribution in [3.05, 3.63) is 77.1 Å². The van der Waals surface area contributed by atoms with E-state index < -0.39 is 17.4 Å². The first-order valence-corrected chi connectivity index (χ1v) is 10.8. The molecule has 5 aromatic rings. The second kappa shape index (κ2) is 7.52. The maximum Gasteiger partial charge on any atom is 0.423 e. The molecule has 34 heavy (non-hydrogen) atoms. The number of aryl methyl sites for hydroxylation is 1. The lowest BCUT2D eigenvalue weighted by Crippen LogP contribution is -2.34. The van der Waals surface area contributed by atoms with Gasteiger partial charge in [0, 0.05) is 46.8 Å². The molecule has 8 heteroatoms. The van der Waals surface area contributed by atoms with E-state index in [-0.39, 0.29) is 5.69 Å². The van der Waals surface area contributed by atoms with Crippen LogP contribution in [0.2, 0.25) is 0 Å². The summed E-state index contributed by atoms with van der Waals surface area (Å²) in [4.78, 5) is 30.1. The van der Waals surface area contributed by atoms with Gasteiger partial charge in [0.25, 0.3) is 0 Å². The molecule has 0 unspecified atom stereocenters. The van der Waals surface area contributed by atoms with Crippen molar-refractivity contribution in [2.45, 2.75) is 26.4 Å². The molecule has 0 atom stereocenters. The van der Waals surface area contributed by atoms with Crippen molar-refractivity contribution in [3.63, 3.8) is 0 Å². The van der Waals surface area contributed by atoms with Gasteiger partial charge in [-0.1, -0.05) is 36.4 Å². The minimum Gasteiger partial charge on any atom is -0.443 e. The number of ether oxygens (including phenoxy) is 1. The van der Waals surface area contributed by atoms with Gasteiger partial charge < -0.3 is 14.3 Å². The van der Waals surface area contributed by atoms with E-state index in [0.717, 1.165) is 26.4 Å². The van der Waals surface area contributed by atoms with Crippen LogP contribution in [0.1, 0.15) is 26.5 Å². The Hall–Kier alpha value is -4.51. The number of carbonyl (C=O) groups is 1. The highest BCUT2D eigenvalue weighted by Gasteiger charge is 2.31. The number of imidazole rings is 1. The number of aromatic nitrogens is 4. The first-order valence-electron chi connectivity index (χ1n) is 10.8. The first kappa shape index (κ1) is 21.3. The molecule has 0 saturated carbocycles. The molecule has 0 aliphatic heterocycles. The van der Waals surface area contributed by atoms with E-state index in [4.69, 9.17) is 4.74 Å². The van der Waals surface area contributed by atoms with Crippen molar-refractivity contribution >= 4 is 27.9 Å². The third-order valence-corrected chi connectivity index (χ3v) is 5.70. The van der Waals surface area contributed by atoms with Gasteiger partial charge >= 0.3 is 11.8 Å². The first-order chi connectivity index (χ1) is 16.2. The number of H-pyrrole nitrogens is 1. The predicted molar refractivity (Wildman–Crippen MR) is 130 cm³/mol. The summed E-state index contributed by atoms with van der Waals surface area (Å²) in [6, 6.07) is 17.4. The van der Waals surface area contributed by atoms with Crippen LogP contribution < -0.4 is 5.69 Å². The third kappa shape index (κ3) is 3.21. The Kier molecular flexibility index (Phi) is 4.72. The monoisotopic (exact) mass is 453 g/mol. The molecule has 3 heterocycles. The largest absolute Gasteiger partial charge is 0.443 e. The summed E-state index contributed by atoms with van der Waals surface area (Å²) in [5.41, 5.74) is 1.72. The summed E-state index contributed by atoms with van der Waals surface area (Å²) in [5.74, 6) is 0. The van der Waals surface area contributed by atoms with Crippen LogP contribution in [0.4, 0.5) is 4.79 Å². The average molecular weight is 454 g/mol. The smallest absolute Gasteiger partial charge is 0.423 e. The Bertz CT molecular complexity index is 1680. The van der Waals surface area contributed by atoms with Crippen LogP contribution in [-0.2, 0) is 11.8 Å². The SMILES string of the molecule is Cn1cc(-c2c(C#N)n(C(=O)OC(C)(C)C)c(=O)n2-c2c[nH]c3ccccc23)c2ccccc21. The fourth-order valence-electron chi connectivity index (χ4n) is 4.33. The van der Waals surface area contributed by atoms with Crippen LogP contribution in [0.25, 0.3) is 38.8 Å². The van der Waals surface area contributed by atoms with Crippen molar-refractivity contribution < 1.29 is 9.53 Å². The van der Waals surface area contributed by atoms with Gasteiger partial charge in [0.1, 0.15) is 11.7 Å². The summed E-state index contributed by atoms with van der Waals surface area (Å²) >= 11 is 0. The minimum atomic E-state index is -0.894. The molecule has 1 N–H and O–H groups in total. The number of carbonyl (C=O) groups excluding carboxylic acids is 1. The van der Waals surface area contributed by atoms with Crippen molar-refractivity contribution in [2.75, 3.05) is 0 Å². The van der Waals surface area contributed by atoms with Gasteiger partial charge in [-0.25, -0.2) is 9.59 Å². The lowest BCUT2D eigenvalue weighted by Gasteiger charge is -2.19. The molecule has 2 aromatic carbocycles. The predicted octanol–water partition coefficient (Wildman–Crippen LogP) is 4.93. The Morgan fingerprint density at radius 1 is 1.06 bits per heavy atom. The van der Waals surface area contributed by atoms with Crippen molar-refractivity contribution in [2.24, 2.45) is 7.05 Å². The zero-order chi connectivity index (χ0) is 24.2. The van der Waals surface area contributed by atoms with Crippen LogP contribution in [0.3, 0.4) is 0 Å². The number of rotatable bonds is 2. The fourth-order valence-corrected chi connectivity index (χ4v) is 4.33. The highest BCUT2D eigenvalue weighted by Crippen LogP contribution is 2.35. The number of fused-ring (bicyclic) bond motifs is 2. The van der Waals surface area contributed by atoms with E-state index in [1.807, 2.05) is 66.3 Å². The summed E-state index contributed by atoms with van der Waals surface area (Å²) in [6.45, 7) is 5.14. The molecular formula is C26H23N5O3. The van der Waals surface area contributed by atoms with Crippen molar-refractivity contribution in [1.29, 1.82) is 5.26 Å². The minimum absolute atomic E-state index is 0.0825. The van der Waals surface area contributed by atoms with Crippen LogP contribution in [0.5, 0.6) is 0 Å². The molecular weight excluding hydrogens is 430 g/mol. The quantitative estimate of drug-likeness (QED) is 0.410. The number of nitrogens with one attached hydrogen (secondary N) is 1. The highest BCUT2D eigenvalue weighted by molar-refractivity contribution is 5.98. The fraction of sp³-hybridized carbons (Fsp3) is 0.192. The van der Waals surface area contributed by atoms with Crippen LogP contribution in [-0.4, -0.2) is 30.4 Å². The molecule has 8 nitrogen and oxygen atoms in total. The van der Waals surface area contributed by atoms with Gasteiger partial charge in [-0.2, -0.15) is 9.83 Å². The Morgan fingerprint density at radius 2 is 1.74 bits per heavy atom. The lowest BCUT2D eigenvalue weighted by atomic mass is 10.1. The molecule has 0 aliphatic carbocycles. The average Bonchev–Trinajstić information content (AvgIpc) is 3.44. The van der Waals surface area contributed by atoms with E-state index in [2.05, 4.69) is 11.1 Å². The number of aromatic amines is 1. The van der Waals surface area contributed by atoms with Crippen LogP contribution in [0, 0.1) is 11.3 Å². The molecule has 0 saturated heterocycles. The maximum atomic E-state index is 13.8. The van der Waals surface area contributed by atoms with Gasteiger partial charge in [0.05, 0.1) is 11.4 Å². The Balaban J connectivity index is 1.92. The van der Waals surface area contributed by atoms with E-state index in [9.17, 15) is 14.9 Å². The summed E-state index contributed by atoms with van der Waals surface area (Å²) in [5, 5.41) is 11.8. The maximum absolute atomic E-state index is 13.8. The number of hydrogen-bond donors (Lipinski definition) is 1. The van der Waals surface area contributed by atoms with E-state index in [1.165, 1.54) is 4.57 Å². The molecule has 3 aromatic heterocycles. The lowest BCUT2D eigenvalue weighted by molar-refractivity contribution is 0.0529. The van der Waals surface area contributed by atoms with Gasteiger partial charge in [-0.05, 0) is 32.9 Å². The summed E-state index contributed by atoms with van der Waals surface area (Å²) < 4.78 is 9.67. The van der Waals surface area contributed by atoms with Gasteiger partial charge in [-0.15, -0.1) is 0 Å². The molecule has 0 aliphatic rings. The molecule has 0 radical (unpaired) electrons. The Morgan fingerprint density at radius 3 is 2.44 bits per heavy atom. The van der Waals surface area contributed by atoms with E-state index in [0.29, 0.717) is 16.9 Å². The normalized spacial score (nSPS) is 11.7. The van der Waals surface area contributed by atoms with Gasteiger partial charge in [0.2, 0.25) is 0 Å². The van der Waals surface area contributed by atoms with Crippen LogP contribution >= 0.6 is 0 Å². The molecule has 170 valence electrons. The molecule has 0 bridgehead atoms. The zero-order valence-electron chi connectivity index (χ0n) is 19.3. The van der Waals surface area contributed by atoms with Gasteiger partial charge in [0.15, 0.2) is 5.69 Å². The summed E-state index contributed by atoms with van der Waals surface area (Å²) in [7, 11) is 1.90. The van der Waals surface area contributed by atoms with Crippen molar-refractivity contribution in [3.8, 4) is 23.0 Å². The van der Waals surface area contributed by atoms with E-state index in [1.54, 1.807) is 27.0 Å². The number of para-hydroxylation sites is 2. The van der Waals surface area contributed by atoms with Crippen LogP contribution in [0.15, 0.2) is 65.7 Å². The highest BCUT2D eigenvalue weighted by atomic mass is 16.6. The second-order valence-corrected chi connectivity index (χ2v) is 9.13. The number of hydrogen-bond acceptors (Lipinski definition) is 4.